The molecule has 292 valence electrons. The molecule has 12 N–H and O–H groups in total. The van der Waals surface area contributed by atoms with Crippen molar-refractivity contribution in [2.45, 2.75) is 118 Å². The Balaban J connectivity index is 1.94. The first-order valence-corrected chi connectivity index (χ1v) is 15.7. The van der Waals surface area contributed by atoms with Gasteiger partial charge in [0.2, 0.25) is 11.8 Å². The summed E-state index contributed by atoms with van der Waals surface area (Å²) in [6, 6.07) is -2.96. The monoisotopic (exact) mass is 743 g/mol. The van der Waals surface area contributed by atoms with Crippen LogP contribution in [0.2, 0.25) is 0 Å². The van der Waals surface area contributed by atoms with Gasteiger partial charge in [-0.2, -0.15) is 0 Å². The van der Waals surface area contributed by atoms with Gasteiger partial charge in [0, 0.05) is 31.7 Å². The number of carbonyl (C=O) groups excluding carboxylic acids is 2. The summed E-state index contributed by atoms with van der Waals surface area (Å²) in [5.41, 5.74) is 8.49. The molecule has 0 aromatic carbocycles. The Morgan fingerprint density at radius 2 is 1.53 bits per heavy atom. The summed E-state index contributed by atoms with van der Waals surface area (Å²) in [7, 11) is 0. The van der Waals surface area contributed by atoms with Crippen LogP contribution in [0, 0.1) is 0 Å². The van der Waals surface area contributed by atoms with Crippen molar-refractivity contribution in [1.29, 1.82) is 0 Å². The Labute approximate surface area is 289 Å². The fourth-order valence-electron chi connectivity index (χ4n) is 5.95. The number of aliphatic hydroxyl groups is 9. The molecule has 3 fully saturated rings. The van der Waals surface area contributed by atoms with Crippen LogP contribution in [0.25, 0.3) is 10.4 Å². The lowest BCUT2D eigenvalue weighted by Gasteiger charge is -2.51. The quantitative estimate of drug-likeness (QED) is 0.0302. The molecule has 0 aliphatic carbocycles. The fraction of sp³-hybridized carbons (Fsp3) is 0.889. The van der Waals surface area contributed by atoms with Crippen LogP contribution >= 0.6 is 0 Å². The molecular weight excluding hydrogens is 698 g/mol. The summed E-state index contributed by atoms with van der Waals surface area (Å²) in [5.74, 6) is -6.46. The molecule has 2 amide bonds. The van der Waals surface area contributed by atoms with Gasteiger partial charge in [0.05, 0.1) is 38.6 Å². The normalized spacial score (nSPS) is 39.6. The lowest BCUT2D eigenvalue weighted by molar-refractivity contribution is -0.382. The number of aliphatic hydroxyl groups excluding tert-OH is 9. The van der Waals surface area contributed by atoms with E-state index in [0.717, 1.165) is 13.8 Å². The Bertz CT molecular complexity index is 1230. The van der Waals surface area contributed by atoms with E-state index in [1.807, 2.05) is 0 Å². The van der Waals surface area contributed by atoms with E-state index in [1.165, 1.54) is 0 Å². The van der Waals surface area contributed by atoms with E-state index in [-0.39, 0.29) is 13.2 Å². The van der Waals surface area contributed by atoms with Crippen molar-refractivity contribution in [3.8, 4) is 0 Å². The van der Waals surface area contributed by atoms with E-state index in [0.29, 0.717) is 0 Å². The predicted molar refractivity (Wildman–Crippen MR) is 159 cm³/mol. The van der Waals surface area contributed by atoms with E-state index in [2.05, 4.69) is 20.7 Å². The van der Waals surface area contributed by atoms with Gasteiger partial charge in [-0.15, -0.1) is 0 Å². The van der Waals surface area contributed by atoms with Crippen LogP contribution in [-0.4, -0.2) is 199 Å². The first-order chi connectivity index (χ1) is 24.0. The lowest BCUT2D eigenvalue weighted by atomic mass is 9.88. The topological polar surface area (TPSA) is 382 Å². The number of hydrogen-bond acceptors (Lipinski definition) is 19. The summed E-state index contributed by atoms with van der Waals surface area (Å²) in [6.45, 7) is -1.16. The van der Waals surface area contributed by atoms with Gasteiger partial charge in [0.15, 0.2) is 12.6 Å². The summed E-state index contributed by atoms with van der Waals surface area (Å²) in [5, 5.41) is 113. The van der Waals surface area contributed by atoms with Crippen LogP contribution in [0.5, 0.6) is 0 Å². The van der Waals surface area contributed by atoms with Crippen molar-refractivity contribution in [1.82, 2.24) is 10.6 Å². The second-order valence-electron chi connectivity index (χ2n) is 12.0. The number of hydrogen-bond donors (Lipinski definition) is 12. The maximum atomic E-state index is 12.7. The summed E-state index contributed by atoms with van der Waals surface area (Å²) in [6.07, 6.45) is -25.4. The third-order valence-corrected chi connectivity index (χ3v) is 8.39. The number of carboxylic acids is 1. The minimum atomic E-state index is -3.05. The third-order valence-electron chi connectivity index (χ3n) is 8.39. The van der Waals surface area contributed by atoms with Crippen LogP contribution in [0.3, 0.4) is 0 Å². The largest absolute Gasteiger partial charge is 0.477 e. The molecule has 3 saturated heterocycles. The summed E-state index contributed by atoms with van der Waals surface area (Å²) >= 11 is 0. The number of nitrogens with one attached hydrogen (secondary N) is 2. The van der Waals surface area contributed by atoms with E-state index in [4.69, 9.17) is 34.0 Å². The highest BCUT2D eigenvalue weighted by molar-refractivity contribution is 5.76. The van der Waals surface area contributed by atoms with Crippen LogP contribution in [0.15, 0.2) is 5.11 Å². The standard InChI is InChI=1S/C27H45N5O19/c1-9(36)30-15-11(38)5-27(26(44)45,50-22(15)17(40)12(39)6-33)51-23-18(41)13(7-34)47-25(20(23)43)49-21-14(8-35)48-24(46-4-3-29-32-28)16(19(21)42)31-10(2)37/h11-25,33-35,38-43H,3-8H2,1-2H3,(H,30,36)(H,31,37)(H,44,45)/t11-,12+,13+,14+,15+,16+,17+,18-,19+,20+,21+,22+,23-,24+,25-,27-/m0/s1. The molecule has 0 saturated carbocycles. The zero-order chi connectivity index (χ0) is 38.2. The number of carboxylic acid groups (broad SMARTS) is 1. The highest BCUT2D eigenvalue weighted by Crippen LogP contribution is 2.38. The number of aliphatic carboxylic acids is 1. The number of rotatable bonds is 16. The number of ether oxygens (including phenoxy) is 6. The maximum Gasteiger partial charge on any atom is 0.364 e. The second-order valence-corrected chi connectivity index (χ2v) is 12.0. The van der Waals surface area contributed by atoms with Crippen molar-refractivity contribution in [2.75, 3.05) is 33.0 Å². The Kier molecular flexibility index (Phi) is 15.6. The van der Waals surface area contributed by atoms with Crippen molar-refractivity contribution in [2.24, 2.45) is 5.11 Å². The lowest BCUT2D eigenvalue weighted by Crippen LogP contribution is -2.71. The molecule has 3 aliphatic rings. The first kappa shape index (κ1) is 42.5. The molecule has 0 radical (unpaired) electrons. The number of carbonyl (C=O) groups is 3. The highest BCUT2D eigenvalue weighted by Gasteiger charge is 2.60. The Hall–Kier alpha value is -2.88. The molecule has 3 heterocycles. The fourth-order valence-corrected chi connectivity index (χ4v) is 5.95. The Morgan fingerprint density at radius 3 is 2.08 bits per heavy atom. The van der Waals surface area contributed by atoms with Crippen LogP contribution < -0.4 is 10.6 Å². The van der Waals surface area contributed by atoms with E-state index in [1.54, 1.807) is 0 Å². The van der Waals surface area contributed by atoms with Gasteiger partial charge in [-0.3, -0.25) is 9.59 Å². The maximum absolute atomic E-state index is 12.7. The molecule has 24 heteroatoms. The van der Waals surface area contributed by atoms with E-state index >= 15 is 0 Å². The molecule has 3 aliphatic heterocycles. The smallest absolute Gasteiger partial charge is 0.364 e. The molecule has 0 spiro atoms. The van der Waals surface area contributed by atoms with E-state index < -0.39 is 142 Å². The van der Waals surface area contributed by atoms with Gasteiger partial charge in [0.1, 0.15) is 67.1 Å². The number of azide groups is 1. The number of nitrogens with zero attached hydrogens (tertiary/aromatic N) is 3. The minimum absolute atomic E-state index is 0.161. The predicted octanol–water partition coefficient (Wildman–Crippen LogP) is -6.74. The van der Waals surface area contributed by atoms with Crippen LogP contribution in [-0.2, 0) is 42.8 Å². The van der Waals surface area contributed by atoms with Gasteiger partial charge < -0.3 is 90.1 Å². The molecule has 51 heavy (non-hydrogen) atoms. The third kappa shape index (κ3) is 9.96. The van der Waals surface area contributed by atoms with Crippen molar-refractivity contribution in [3.05, 3.63) is 10.4 Å². The van der Waals surface area contributed by atoms with Crippen molar-refractivity contribution in [3.63, 3.8) is 0 Å². The zero-order valence-corrected chi connectivity index (χ0v) is 27.4. The first-order valence-electron chi connectivity index (χ1n) is 15.7. The Morgan fingerprint density at radius 1 is 0.922 bits per heavy atom. The molecule has 0 unspecified atom stereocenters. The van der Waals surface area contributed by atoms with Crippen molar-refractivity contribution >= 4 is 17.8 Å². The molecule has 0 aromatic heterocycles. The second kappa shape index (κ2) is 18.7. The average Bonchev–Trinajstić information content (AvgIpc) is 3.08. The van der Waals surface area contributed by atoms with Gasteiger partial charge in [-0.05, 0) is 5.53 Å². The highest BCUT2D eigenvalue weighted by atomic mass is 16.8. The molecule has 16 atom stereocenters. The zero-order valence-electron chi connectivity index (χ0n) is 27.4. The number of amides is 2. The minimum Gasteiger partial charge on any atom is -0.477 e. The summed E-state index contributed by atoms with van der Waals surface area (Å²) < 4.78 is 33.6. The molecular formula is C27H45N5O19. The summed E-state index contributed by atoms with van der Waals surface area (Å²) in [4.78, 5) is 39.1. The van der Waals surface area contributed by atoms with E-state index in [9.17, 15) is 65.4 Å². The molecule has 0 aromatic rings. The SMILES string of the molecule is CC(=O)N[C@H]1[C@H](OCCN=[N+]=[N-])O[C@H](CO)[C@@H](O[C@@H]2O[C@H](CO)[C@H](O)[C@H](O[C@]3(C(=O)O)C[C@H](O)[C@@H](NC(C)=O)[C@H]([C@H](O)[C@H](O)CO)O3)[C@H]2O)[C@@H]1O. The van der Waals surface area contributed by atoms with Gasteiger partial charge in [0.25, 0.3) is 5.79 Å². The van der Waals surface area contributed by atoms with Gasteiger partial charge in [-0.1, -0.05) is 5.11 Å². The van der Waals surface area contributed by atoms with Crippen LogP contribution in [0.4, 0.5) is 0 Å². The molecule has 0 bridgehead atoms. The van der Waals surface area contributed by atoms with Crippen LogP contribution in [0.1, 0.15) is 20.3 Å². The van der Waals surface area contributed by atoms with Crippen molar-refractivity contribution < 1.29 is 93.9 Å². The molecule has 3 rings (SSSR count). The van der Waals surface area contributed by atoms with Gasteiger partial charge in [-0.25, -0.2) is 4.79 Å². The van der Waals surface area contributed by atoms with Gasteiger partial charge >= 0.3 is 5.97 Å². The average molecular weight is 744 g/mol. The molecule has 24 nitrogen and oxygen atoms in total.